The molecule has 0 spiro atoms. The van der Waals surface area contributed by atoms with E-state index in [0.717, 1.165) is 27.6 Å². The number of aliphatic hydroxyl groups excluding tert-OH is 1. The molecule has 1 atom stereocenters. The number of anilines is 1. The lowest BCUT2D eigenvalue weighted by Gasteiger charge is -2.26. The van der Waals surface area contributed by atoms with Crippen molar-refractivity contribution in [2.45, 2.75) is 57.1 Å². The maximum absolute atomic E-state index is 13.8. The van der Waals surface area contributed by atoms with Crippen molar-refractivity contribution in [2.75, 3.05) is 11.4 Å². The molecule has 5 rings (SSSR count). The molecule has 0 aliphatic heterocycles. The Balaban J connectivity index is 1.34. The van der Waals surface area contributed by atoms with Crippen LogP contribution in [0.3, 0.4) is 0 Å². The highest BCUT2D eigenvalue weighted by atomic mass is 16.4. The fourth-order valence-corrected chi connectivity index (χ4v) is 5.63. The third kappa shape index (κ3) is 7.22. The molecule has 0 heterocycles. The monoisotopic (exact) mass is 564 g/mol. The second-order valence-corrected chi connectivity index (χ2v) is 11.0. The molecule has 1 unspecified atom stereocenters. The van der Waals surface area contributed by atoms with E-state index in [1.807, 2.05) is 42.5 Å². The van der Waals surface area contributed by atoms with Crippen molar-refractivity contribution in [3.63, 3.8) is 0 Å². The van der Waals surface area contributed by atoms with Crippen LogP contribution in [0, 0.1) is 0 Å². The van der Waals surface area contributed by atoms with Crippen LogP contribution in [0.5, 0.6) is 0 Å². The first-order chi connectivity index (χ1) is 20.4. The van der Waals surface area contributed by atoms with Gasteiger partial charge in [0.05, 0.1) is 19.5 Å². The molecule has 216 valence electrons. The van der Waals surface area contributed by atoms with Crippen LogP contribution in [-0.2, 0) is 22.6 Å². The van der Waals surface area contributed by atoms with E-state index in [0.29, 0.717) is 18.0 Å². The Labute approximate surface area is 245 Å². The summed E-state index contributed by atoms with van der Waals surface area (Å²) in [5, 5.41) is 22.9. The van der Waals surface area contributed by atoms with E-state index in [-0.39, 0.29) is 18.9 Å². The van der Waals surface area contributed by atoms with Gasteiger partial charge in [-0.2, -0.15) is 0 Å². The van der Waals surface area contributed by atoms with Gasteiger partial charge in [-0.1, -0.05) is 86.0 Å². The third-order valence-electron chi connectivity index (χ3n) is 8.05. The number of hydrogen-bond acceptors (Lipinski definition) is 4. The first kappa shape index (κ1) is 29.0. The SMILES string of the molecule is O=C(NCC(O)C(=O)O)c1ccc(CN(C(=O)Cc2ccc3ccccc3c2)c2ccc(C3CCCCC3)cc2)cc1. The Morgan fingerprint density at radius 2 is 1.48 bits per heavy atom. The van der Waals surface area contributed by atoms with Gasteiger partial charge in [0.2, 0.25) is 5.91 Å². The number of carbonyl (C=O) groups is 3. The van der Waals surface area contributed by atoms with Crippen LogP contribution in [0.25, 0.3) is 10.8 Å². The van der Waals surface area contributed by atoms with Gasteiger partial charge >= 0.3 is 5.97 Å². The molecule has 0 aromatic heterocycles. The Morgan fingerprint density at radius 3 is 2.17 bits per heavy atom. The van der Waals surface area contributed by atoms with Crippen LogP contribution in [0.15, 0.2) is 91.0 Å². The molecule has 42 heavy (non-hydrogen) atoms. The van der Waals surface area contributed by atoms with E-state index in [1.54, 1.807) is 29.2 Å². The maximum Gasteiger partial charge on any atom is 0.334 e. The van der Waals surface area contributed by atoms with E-state index in [2.05, 4.69) is 29.6 Å². The summed E-state index contributed by atoms with van der Waals surface area (Å²) in [5.41, 5.74) is 4.27. The second kappa shape index (κ2) is 13.4. The van der Waals surface area contributed by atoms with Crippen LogP contribution in [0.1, 0.15) is 65.1 Å². The molecule has 2 amide bonds. The Bertz CT molecular complexity index is 1540. The van der Waals surface area contributed by atoms with Gasteiger partial charge < -0.3 is 20.4 Å². The lowest BCUT2D eigenvalue weighted by atomic mass is 9.84. The summed E-state index contributed by atoms with van der Waals surface area (Å²) in [6.07, 6.45) is 4.82. The molecule has 7 nitrogen and oxygen atoms in total. The van der Waals surface area contributed by atoms with Crippen molar-refractivity contribution in [3.8, 4) is 0 Å². The smallest absolute Gasteiger partial charge is 0.334 e. The van der Waals surface area contributed by atoms with Crippen LogP contribution in [-0.4, -0.2) is 40.6 Å². The Kier molecular flexibility index (Phi) is 9.29. The van der Waals surface area contributed by atoms with Crippen molar-refractivity contribution in [1.82, 2.24) is 5.32 Å². The van der Waals surface area contributed by atoms with E-state index < -0.39 is 18.0 Å². The molecule has 0 radical (unpaired) electrons. The maximum atomic E-state index is 13.8. The van der Waals surface area contributed by atoms with E-state index >= 15 is 0 Å². The second-order valence-electron chi connectivity index (χ2n) is 11.0. The summed E-state index contributed by atoms with van der Waals surface area (Å²) in [4.78, 5) is 38.8. The molecule has 0 bridgehead atoms. The largest absolute Gasteiger partial charge is 0.479 e. The standard InChI is InChI=1S/C35H36N2O5/c38-32(35(41)42)22-36-34(40)29-14-10-24(11-15-29)23-37(31-18-16-28(17-19-31)26-6-2-1-3-7-26)33(39)21-25-12-13-27-8-4-5-9-30(27)20-25/h4-5,8-20,26,32,38H,1-3,6-7,21-23H2,(H,36,40)(H,41,42). The van der Waals surface area contributed by atoms with Crippen LogP contribution >= 0.6 is 0 Å². The Hall–Kier alpha value is -4.49. The Morgan fingerprint density at radius 1 is 0.810 bits per heavy atom. The molecule has 4 aromatic rings. The van der Waals surface area contributed by atoms with Crippen LogP contribution in [0.2, 0.25) is 0 Å². The first-order valence-corrected chi connectivity index (χ1v) is 14.5. The summed E-state index contributed by atoms with van der Waals surface area (Å²) in [7, 11) is 0. The first-order valence-electron chi connectivity index (χ1n) is 14.5. The minimum Gasteiger partial charge on any atom is -0.479 e. The third-order valence-corrected chi connectivity index (χ3v) is 8.05. The van der Waals surface area contributed by atoms with Crippen LogP contribution < -0.4 is 10.2 Å². The highest BCUT2D eigenvalue weighted by Gasteiger charge is 2.20. The highest BCUT2D eigenvalue weighted by molar-refractivity contribution is 5.96. The number of amides is 2. The molecule has 3 N–H and O–H groups in total. The molecule has 4 aromatic carbocycles. The number of aliphatic carboxylic acids is 1. The average Bonchev–Trinajstić information content (AvgIpc) is 3.03. The topological polar surface area (TPSA) is 107 Å². The predicted octanol–water partition coefficient (Wildman–Crippen LogP) is 5.84. The van der Waals surface area contributed by atoms with E-state index in [1.165, 1.54) is 37.7 Å². The predicted molar refractivity (Wildman–Crippen MR) is 164 cm³/mol. The number of hydrogen-bond donors (Lipinski definition) is 3. The number of aliphatic hydroxyl groups is 1. The molecule has 1 aliphatic carbocycles. The van der Waals surface area contributed by atoms with Crippen molar-refractivity contribution < 1.29 is 24.6 Å². The van der Waals surface area contributed by atoms with Crippen molar-refractivity contribution in [2.24, 2.45) is 0 Å². The molecule has 1 fully saturated rings. The van der Waals surface area contributed by atoms with Gasteiger partial charge in [-0.05, 0) is 70.5 Å². The fraction of sp³-hybridized carbons (Fsp3) is 0.286. The molecule has 1 saturated carbocycles. The highest BCUT2D eigenvalue weighted by Crippen LogP contribution is 2.33. The number of nitrogens with zero attached hydrogens (tertiary/aromatic N) is 1. The van der Waals surface area contributed by atoms with E-state index in [4.69, 9.17) is 5.11 Å². The quantitative estimate of drug-likeness (QED) is 0.224. The van der Waals surface area contributed by atoms with E-state index in [9.17, 15) is 19.5 Å². The molecule has 7 heteroatoms. The molecule has 0 saturated heterocycles. The van der Waals surface area contributed by atoms with Gasteiger partial charge in [0.1, 0.15) is 0 Å². The zero-order chi connectivity index (χ0) is 29.5. The summed E-state index contributed by atoms with van der Waals surface area (Å²) in [6, 6.07) is 29.4. The van der Waals surface area contributed by atoms with Crippen LogP contribution in [0.4, 0.5) is 5.69 Å². The van der Waals surface area contributed by atoms with Gasteiger partial charge in [-0.25, -0.2) is 4.79 Å². The summed E-state index contributed by atoms with van der Waals surface area (Å²) >= 11 is 0. The lowest BCUT2D eigenvalue weighted by molar-refractivity contribution is -0.146. The average molecular weight is 565 g/mol. The lowest BCUT2D eigenvalue weighted by Crippen LogP contribution is -2.36. The van der Waals surface area contributed by atoms with Gasteiger partial charge in [0, 0.05) is 11.3 Å². The minimum absolute atomic E-state index is 0.0276. The number of fused-ring (bicyclic) bond motifs is 1. The number of carboxylic acids is 1. The normalized spacial score (nSPS) is 14.3. The van der Waals surface area contributed by atoms with Crippen molar-refractivity contribution in [3.05, 3.63) is 113 Å². The number of rotatable bonds is 10. The molecular weight excluding hydrogens is 528 g/mol. The fourth-order valence-electron chi connectivity index (χ4n) is 5.63. The summed E-state index contributed by atoms with van der Waals surface area (Å²) in [5.74, 6) is -1.33. The van der Waals surface area contributed by atoms with Crippen molar-refractivity contribution >= 4 is 34.2 Å². The van der Waals surface area contributed by atoms with Gasteiger partial charge in [0.25, 0.3) is 5.91 Å². The molecular formula is C35H36N2O5. The minimum atomic E-state index is -1.67. The number of carbonyl (C=O) groups excluding carboxylic acids is 2. The van der Waals surface area contributed by atoms with Crippen molar-refractivity contribution in [1.29, 1.82) is 0 Å². The number of benzene rings is 4. The zero-order valence-electron chi connectivity index (χ0n) is 23.5. The summed E-state index contributed by atoms with van der Waals surface area (Å²) < 4.78 is 0. The zero-order valence-corrected chi connectivity index (χ0v) is 23.5. The van der Waals surface area contributed by atoms with Gasteiger partial charge in [-0.15, -0.1) is 0 Å². The number of carboxylic acid groups (broad SMARTS) is 1. The number of nitrogens with one attached hydrogen (secondary N) is 1. The molecule has 1 aliphatic rings. The van der Waals surface area contributed by atoms with Gasteiger partial charge in [-0.3, -0.25) is 9.59 Å². The van der Waals surface area contributed by atoms with Gasteiger partial charge in [0.15, 0.2) is 6.10 Å². The summed E-state index contributed by atoms with van der Waals surface area (Å²) in [6.45, 7) is -0.0569.